The molecule has 2 rings (SSSR count). The zero-order chi connectivity index (χ0) is 13.3. The summed E-state index contributed by atoms with van der Waals surface area (Å²) in [5, 5.41) is 7.68. The molecule has 0 aliphatic rings. The van der Waals surface area contributed by atoms with Gasteiger partial charge in [0, 0.05) is 10.5 Å². The van der Waals surface area contributed by atoms with E-state index in [1.165, 1.54) is 16.9 Å². The van der Waals surface area contributed by atoms with Crippen LogP contribution in [0, 0.1) is 11.6 Å². The molecular formula is C11H11BrF2N4. The van der Waals surface area contributed by atoms with E-state index in [1.807, 2.05) is 6.92 Å². The van der Waals surface area contributed by atoms with Gasteiger partial charge in [0.25, 0.3) is 0 Å². The first kappa shape index (κ1) is 13.1. The lowest BCUT2D eigenvalue weighted by molar-refractivity contribution is 0.570. The summed E-state index contributed by atoms with van der Waals surface area (Å²) in [6.45, 7) is 1.91. The van der Waals surface area contributed by atoms with E-state index < -0.39 is 11.6 Å². The first-order chi connectivity index (χ1) is 8.52. The molecule has 96 valence electrons. The molecule has 7 heteroatoms. The average molecular weight is 317 g/mol. The number of nitrogens with two attached hydrogens (primary N) is 1. The Labute approximate surface area is 111 Å². The Hall–Kier alpha value is -1.34. The number of rotatable bonds is 3. The molecule has 0 fully saturated rings. The number of halogens is 3. The summed E-state index contributed by atoms with van der Waals surface area (Å²) in [7, 11) is 0. The van der Waals surface area contributed by atoms with Crippen molar-refractivity contribution in [3.8, 4) is 5.69 Å². The van der Waals surface area contributed by atoms with Gasteiger partial charge in [-0.1, -0.05) is 12.1 Å². The van der Waals surface area contributed by atoms with Crippen LogP contribution in [0.5, 0.6) is 0 Å². The van der Waals surface area contributed by atoms with Crippen molar-refractivity contribution in [3.05, 3.63) is 40.1 Å². The fraction of sp³-hybridized carbons (Fsp3) is 0.273. The summed E-state index contributed by atoms with van der Waals surface area (Å²) in [4.78, 5) is 0. The SMILES string of the molecule is CCC(N)c1cn(-c2c(F)cc(F)cc2Br)nn1. The highest BCUT2D eigenvalue weighted by atomic mass is 79.9. The van der Waals surface area contributed by atoms with Gasteiger partial charge in [-0.2, -0.15) is 0 Å². The van der Waals surface area contributed by atoms with E-state index in [1.54, 1.807) is 0 Å². The molecule has 2 aromatic rings. The van der Waals surface area contributed by atoms with Crippen molar-refractivity contribution in [2.75, 3.05) is 0 Å². The minimum Gasteiger partial charge on any atom is -0.323 e. The molecule has 0 aliphatic carbocycles. The first-order valence-corrected chi connectivity index (χ1v) is 6.15. The third kappa shape index (κ3) is 2.41. The van der Waals surface area contributed by atoms with Crippen molar-refractivity contribution in [2.45, 2.75) is 19.4 Å². The van der Waals surface area contributed by atoms with Crippen LogP contribution in [0.25, 0.3) is 5.69 Å². The Morgan fingerprint density at radius 1 is 1.44 bits per heavy atom. The van der Waals surface area contributed by atoms with Crippen LogP contribution in [0.15, 0.2) is 22.8 Å². The second kappa shape index (κ2) is 5.11. The molecule has 1 atom stereocenters. The molecule has 0 bridgehead atoms. The Bertz CT molecular complexity index is 547. The molecule has 0 saturated carbocycles. The summed E-state index contributed by atoms with van der Waals surface area (Å²) >= 11 is 3.10. The van der Waals surface area contributed by atoms with Crippen molar-refractivity contribution in [1.29, 1.82) is 0 Å². The highest BCUT2D eigenvalue weighted by molar-refractivity contribution is 9.10. The molecular weight excluding hydrogens is 306 g/mol. The Balaban J connectivity index is 2.46. The number of aromatic nitrogens is 3. The molecule has 1 unspecified atom stereocenters. The minimum absolute atomic E-state index is 0.110. The maximum Gasteiger partial charge on any atom is 0.152 e. The van der Waals surface area contributed by atoms with Crippen molar-refractivity contribution in [1.82, 2.24) is 15.0 Å². The Kier molecular flexibility index (Phi) is 3.72. The predicted octanol–water partition coefficient (Wildman–Crippen LogP) is 2.72. The van der Waals surface area contributed by atoms with Crippen LogP contribution in [-0.4, -0.2) is 15.0 Å². The Morgan fingerprint density at radius 2 is 2.17 bits per heavy atom. The lowest BCUT2D eigenvalue weighted by Crippen LogP contribution is -2.08. The van der Waals surface area contributed by atoms with E-state index in [0.717, 1.165) is 6.07 Å². The summed E-state index contributed by atoms with van der Waals surface area (Å²) in [5.74, 6) is -1.38. The van der Waals surface area contributed by atoms with Crippen LogP contribution in [0.1, 0.15) is 25.1 Å². The second-order valence-corrected chi connectivity index (χ2v) is 4.68. The second-order valence-electron chi connectivity index (χ2n) is 3.82. The smallest absolute Gasteiger partial charge is 0.152 e. The molecule has 0 amide bonds. The third-order valence-electron chi connectivity index (χ3n) is 2.54. The van der Waals surface area contributed by atoms with Crippen LogP contribution in [0.3, 0.4) is 0 Å². The molecule has 0 saturated heterocycles. The highest BCUT2D eigenvalue weighted by Crippen LogP contribution is 2.25. The van der Waals surface area contributed by atoms with Gasteiger partial charge in [0.1, 0.15) is 11.5 Å². The maximum absolute atomic E-state index is 13.7. The third-order valence-corrected chi connectivity index (χ3v) is 3.15. The molecule has 1 aromatic heterocycles. The molecule has 0 radical (unpaired) electrons. The quantitative estimate of drug-likeness (QED) is 0.947. The zero-order valence-corrected chi connectivity index (χ0v) is 11.2. The van der Waals surface area contributed by atoms with Gasteiger partial charge < -0.3 is 5.73 Å². The number of nitrogens with zero attached hydrogens (tertiary/aromatic N) is 3. The maximum atomic E-state index is 13.7. The number of hydrogen-bond acceptors (Lipinski definition) is 3. The first-order valence-electron chi connectivity index (χ1n) is 5.35. The van der Waals surface area contributed by atoms with Crippen LogP contribution in [0.2, 0.25) is 0 Å². The van der Waals surface area contributed by atoms with Crippen LogP contribution < -0.4 is 5.73 Å². The normalized spacial score (nSPS) is 12.7. The van der Waals surface area contributed by atoms with E-state index in [-0.39, 0.29) is 16.2 Å². The monoisotopic (exact) mass is 316 g/mol. The predicted molar refractivity (Wildman–Crippen MR) is 66.2 cm³/mol. The van der Waals surface area contributed by atoms with Gasteiger partial charge in [-0.05, 0) is 28.4 Å². The van der Waals surface area contributed by atoms with Crippen molar-refractivity contribution in [2.24, 2.45) is 5.73 Å². The van der Waals surface area contributed by atoms with E-state index in [0.29, 0.717) is 12.1 Å². The van der Waals surface area contributed by atoms with Crippen LogP contribution >= 0.6 is 15.9 Å². The highest BCUT2D eigenvalue weighted by Gasteiger charge is 2.15. The zero-order valence-electron chi connectivity index (χ0n) is 9.57. The van der Waals surface area contributed by atoms with Crippen molar-refractivity contribution >= 4 is 15.9 Å². The lowest BCUT2D eigenvalue weighted by atomic mass is 10.2. The standard InChI is InChI=1S/C11H11BrF2N4/c1-2-9(15)10-5-18(17-16-10)11-7(12)3-6(13)4-8(11)14/h3-5,9H,2,15H2,1H3. The molecule has 0 aliphatic heterocycles. The fourth-order valence-electron chi connectivity index (χ4n) is 1.52. The summed E-state index contributed by atoms with van der Waals surface area (Å²) in [5.41, 5.74) is 6.48. The number of hydrogen-bond donors (Lipinski definition) is 1. The van der Waals surface area contributed by atoms with Crippen LogP contribution in [0.4, 0.5) is 8.78 Å². The van der Waals surface area contributed by atoms with Gasteiger partial charge in [0.15, 0.2) is 5.82 Å². The summed E-state index contributed by atoms with van der Waals surface area (Å²) < 4.78 is 28.2. The average Bonchev–Trinajstić information content (AvgIpc) is 2.76. The molecule has 2 N–H and O–H groups in total. The van der Waals surface area contributed by atoms with Crippen LogP contribution in [-0.2, 0) is 0 Å². The molecule has 4 nitrogen and oxygen atoms in total. The Morgan fingerprint density at radius 3 is 2.78 bits per heavy atom. The molecule has 1 aromatic carbocycles. The van der Waals surface area contributed by atoms with E-state index in [4.69, 9.17) is 5.73 Å². The summed E-state index contributed by atoms with van der Waals surface area (Å²) in [6, 6.07) is 1.71. The van der Waals surface area contributed by atoms with Gasteiger partial charge in [0.2, 0.25) is 0 Å². The topological polar surface area (TPSA) is 56.7 Å². The van der Waals surface area contributed by atoms with Gasteiger partial charge in [-0.3, -0.25) is 0 Å². The molecule has 18 heavy (non-hydrogen) atoms. The van der Waals surface area contributed by atoms with Crippen molar-refractivity contribution in [3.63, 3.8) is 0 Å². The summed E-state index contributed by atoms with van der Waals surface area (Å²) in [6.07, 6.45) is 2.24. The van der Waals surface area contributed by atoms with Gasteiger partial charge in [-0.15, -0.1) is 5.10 Å². The fourth-order valence-corrected chi connectivity index (χ4v) is 2.11. The van der Waals surface area contributed by atoms with E-state index >= 15 is 0 Å². The largest absolute Gasteiger partial charge is 0.323 e. The number of benzene rings is 1. The lowest BCUT2D eigenvalue weighted by Gasteiger charge is -2.05. The minimum atomic E-state index is -0.719. The van der Waals surface area contributed by atoms with Gasteiger partial charge in [-0.25, -0.2) is 13.5 Å². The van der Waals surface area contributed by atoms with Gasteiger partial charge in [0.05, 0.1) is 17.9 Å². The van der Waals surface area contributed by atoms with E-state index in [2.05, 4.69) is 26.2 Å². The van der Waals surface area contributed by atoms with Crippen molar-refractivity contribution < 1.29 is 8.78 Å². The molecule has 0 spiro atoms. The molecule has 1 heterocycles. The van der Waals surface area contributed by atoms with Gasteiger partial charge >= 0.3 is 0 Å². The van der Waals surface area contributed by atoms with E-state index in [9.17, 15) is 8.78 Å².